The molecule has 0 aliphatic rings. The SMILES string of the molecule is CC(=O)NC[C@@H](CNc1ccc(O)c(C)c1)OC(C)=O. The number of phenols is 1. The van der Waals surface area contributed by atoms with Crippen LogP contribution in [0.3, 0.4) is 0 Å². The number of benzene rings is 1. The molecule has 0 saturated carbocycles. The molecule has 0 spiro atoms. The largest absolute Gasteiger partial charge is 0.508 e. The molecule has 1 aromatic carbocycles. The molecule has 0 aromatic heterocycles. The normalized spacial score (nSPS) is 11.6. The number of amides is 1. The van der Waals surface area contributed by atoms with Gasteiger partial charge in [-0.2, -0.15) is 0 Å². The van der Waals surface area contributed by atoms with Crippen LogP contribution in [0.4, 0.5) is 5.69 Å². The summed E-state index contributed by atoms with van der Waals surface area (Å²) < 4.78 is 5.11. The van der Waals surface area contributed by atoms with E-state index in [9.17, 15) is 14.7 Å². The molecule has 0 heterocycles. The van der Waals surface area contributed by atoms with Crippen LogP contribution in [0.15, 0.2) is 18.2 Å². The number of nitrogens with one attached hydrogen (secondary N) is 2. The molecule has 0 saturated heterocycles. The number of carbonyl (C=O) groups excluding carboxylic acids is 2. The van der Waals surface area contributed by atoms with E-state index in [2.05, 4.69) is 10.6 Å². The van der Waals surface area contributed by atoms with Gasteiger partial charge in [0.2, 0.25) is 5.91 Å². The summed E-state index contributed by atoms with van der Waals surface area (Å²) in [4.78, 5) is 21.9. The summed E-state index contributed by atoms with van der Waals surface area (Å²) in [5.74, 6) is -0.350. The topological polar surface area (TPSA) is 87.7 Å². The summed E-state index contributed by atoms with van der Waals surface area (Å²) in [6, 6.07) is 5.11. The van der Waals surface area contributed by atoms with Crippen molar-refractivity contribution in [2.24, 2.45) is 0 Å². The first-order chi connectivity index (χ1) is 9.38. The molecule has 0 aliphatic carbocycles. The highest BCUT2D eigenvalue weighted by molar-refractivity contribution is 5.73. The quantitative estimate of drug-likeness (QED) is 0.538. The van der Waals surface area contributed by atoms with Crippen LogP contribution in [0.5, 0.6) is 5.75 Å². The monoisotopic (exact) mass is 280 g/mol. The number of phenolic OH excluding ortho intramolecular Hbond substituents is 1. The van der Waals surface area contributed by atoms with Crippen molar-refractivity contribution in [3.63, 3.8) is 0 Å². The molecule has 0 radical (unpaired) electrons. The van der Waals surface area contributed by atoms with Crippen molar-refractivity contribution in [1.82, 2.24) is 5.32 Å². The molecule has 0 fully saturated rings. The van der Waals surface area contributed by atoms with Crippen molar-refractivity contribution < 1.29 is 19.4 Å². The van der Waals surface area contributed by atoms with Crippen LogP contribution in [-0.4, -0.2) is 36.2 Å². The van der Waals surface area contributed by atoms with E-state index in [-0.39, 0.29) is 18.2 Å². The Balaban J connectivity index is 2.57. The van der Waals surface area contributed by atoms with Gasteiger partial charge < -0.3 is 20.5 Å². The van der Waals surface area contributed by atoms with Gasteiger partial charge in [0.1, 0.15) is 11.9 Å². The zero-order chi connectivity index (χ0) is 15.1. The zero-order valence-corrected chi connectivity index (χ0v) is 11.9. The van der Waals surface area contributed by atoms with Gasteiger partial charge in [-0.3, -0.25) is 9.59 Å². The molecule has 1 aromatic rings. The molecule has 20 heavy (non-hydrogen) atoms. The molecule has 1 atom stereocenters. The van der Waals surface area contributed by atoms with Crippen LogP contribution in [-0.2, 0) is 14.3 Å². The Hall–Kier alpha value is -2.24. The first kappa shape index (κ1) is 15.8. The maximum atomic E-state index is 11.0. The molecule has 0 bridgehead atoms. The highest BCUT2D eigenvalue weighted by Gasteiger charge is 2.12. The number of anilines is 1. The Morgan fingerprint density at radius 1 is 1.30 bits per heavy atom. The van der Waals surface area contributed by atoms with Crippen molar-refractivity contribution in [3.8, 4) is 5.75 Å². The number of ether oxygens (including phenoxy) is 1. The van der Waals surface area contributed by atoms with Crippen LogP contribution in [0.2, 0.25) is 0 Å². The third-order valence-electron chi connectivity index (χ3n) is 2.64. The second-order valence-corrected chi connectivity index (χ2v) is 4.55. The van der Waals surface area contributed by atoms with E-state index < -0.39 is 12.1 Å². The van der Waals surface area contributed by atoms with E-state index in [1.165, 1.54) is 13.8 Å². The minimum absolute atomic E-state index is 0.178. The maximum absolute atomic E-state index is 11.0. The summed E-state index contributed by atoms with van der Waals surface area (Å²) in [6.07, 6.45) is -0.453. The van der Waals surface area contributed by atoms with E-state index in [1.54, 1.807) is 25.1 Å². The molecule has 1 amide bonds. The van der Waals surface area contributed by atoms with Gasteiger partial charge in [-0.1, -0.05) is 0 Å². The van der Waals surface area contributed by atoms with E-state index >= 15 is 0 Å². The lowest BCUT2D eigenvalue weighted by atomic mass is 10.2. The van der Waals surface area contributed by atoms with Crippen LogP contribution < -0.4 is 10.6 Å². The Labute approximate surface area is 118 Å². The van der Waals surface area contributed by atoms with Crippen LogP contribution >= 0.6 is 0 Å². The summed E-state index contributed by atoms with van der Waals surface area (Å²) >= 11 is 0. The number of carbonyl (C=O) groups is 2. The standard InChI is InChI=1S/C14H20N2O4/c1-9-6-12(4-5-14(9)19)16-8-13(20-11(3)18)7-15-10(2)17/h4-6,13,16,19H,7-8H2,1-3H3,(H,15,17)/t13-/m0/s1. The molecular weight excluding hydrogens is 260 g/mol. The molecule has 0 aliphatic heterocycles. The minimum atomic E-state index is -0.453. The van der Waals surface area contributed by atoms with E-state index in [4.69, 9.17) is 4.74 Å². The average Bonchev–Trinajstić information content (AvgIpc) is 2.36. The molecule has 6 heteroatoms. The average molecular weight is 280 g/mol. The van der Waals surface area contributed by atoms with E-state index in [1.807, 2.05) is 0 Å². The van der Waals surface area contributed by atoms with Crippen molar-refractivity contribution in [2.75, 3.05) is 18.4 Å². The Morgan fingerprint density at radius 2 is 2.00 bits per heavy atom. The molecule has 1 rings (SSSR count). The molecule has 3 N–H and O–H groups in total. The molecular formula is C14H20N2O4. The molecule has 0 unspecified atom stereocenters. The highest BCUT2D eigenvalue weighted by atomic mass is 16.5. The lowest BCUT2D eigenvalue weighted by Gasteiger charge is -2.18. The van der Waals surface area contributed by atoms with Gasteiger partial charge >= 0.3 is 5.97 Å². The smallest absolute Gasteiger partial charge is 0.303 e. The number of hydrogen-bond donors (Lipinski definition) is 3. The lowest BCUT2D eigenvalue weighted by molar-refractivity contribution is -0.146. The van der Waals surface area contributed by atoms with Gasteiger partial charge in [-0.25, -0.2) is 0 Å². The fourth-order valence-corrected chi connectivity index (χ4v) is 1.64. The van der Waals surface area contributed by atoms with Crippen molar-refractivity contribution >= 4 is 17.6 Å². The number of aromatic hydroxyl groups is 1. The van der Waals surface area contributed by atoms with Gasteiger partial charge in [0.15, 0.2) is 0 Å². The minimum Gasteiger partial charge on any atom is -0.508 e. The van der Waals surface area contributed by atoms with Gasteiger partial charge in [0.25, 0.3) is 0 Å². The summed E-state index contributed by atoms with van der Waals surface area (Å²) in [5, 5.41) is 15.2. The Kier molecular flexibility index (Phi) is 5.83. The highest BCUT2D eigenvalue weighted by Crippen LogP contribution is 2.20. The molecule has 6 nitrogen and oxygen atoms in total. The summed E-state index contributed by atoms with van der Waals surface area (Å²) in [7, 11) is 0. The summed E-state index contributed by atoms with van der Waals surface area (Å²) in [5.41, 5.74) is 1.56. The van der Waals surface area contributed by atoms with Gasteiger partial charge in [0, 0.05) is 19.5 Å². The first-order valence-corrected chi connectivity index (χ1v) is 6.33. The van der Waals surface area contributed by atoms with E-state index in [0.717, 1.165) is 11.3 Å². The molecule has 110 valence electrons. The summed E-state index contributed by atoms with van der Waals surface area (Å²) in [6.45, 7) is 5.14. The van der Waals surface area contributed by atoms with E-state index in [0.29, 0.717) is 6.54 Å². The maximum Gasteiger partial charge on any atom is 0.303 e. The van der Waals surface area contributed by atoms with Crippen LogP contribution in [0, 0.1) is 6.92 Å². The third-order valence-corrected chi connectivity index (χ3v) is 2.64. The number of aryl methyl sites for hydroxylation is 1. The number of rotatable bonds is 6. The third kappa shape index (κ3) is 5.60. The second-order valence-electron chi connectivity index (χ2n) is 4.55. The predicted molar refractivity (Wildman–Crippen MR) is 75.6 cm³/mol. The van der Waals surface area contributed by atoms with Crippen molar-refractivity contribution in [3.05, 3.63) is 23.8 Å². The van der Waals surface area contributed by atoms with Crippen LogP contribution in [0.25, 0.3) is 0 Å². The number of hydrogen-bond acceptors (Lipinski definition) is 5. The van der Waals surface area contributed by atoms with Gasteiger partial charge in [-0.15, -0.1) is 0 Å². The van der Waals surface area contributed by atoms with Gasteiger partial charge in [-0.05, 0) is 30.7 Å². The lowest BCUT2D eigenvalue weighted by Crippen LogP contribution is -2.37. The van der Waals surface area contributed by atoms with Crippen LogP contribution in [0.1, 0.15) is 19.4 Å². The van der Waals surface area contributed by atoms with Crippen molar-refractivity contribution in [1.29, 1.82) is 0 Å². The fraction of sp³-hybridized carbons (Fsp3) is 0.429. The second kappa shape index (κ2) is 7.37. The number of esters is 1. The Morgan fingerprint density at radius 3 is 2.55 bits per heavy atom. The zero-order valence-electron chi connectivity index (χ0n) is 11.9. The van der Waals surface area contributed by atoms with Gasteiger partial charge in [0.05, 0.1) is 13.1 Å². The first-order valence-electron chi connectivity index (χ1n) is 6.33. The predicted octanol–water partition coefficient (Wildman–Crippen LogP) is 1.18. The fourth-order valence-electron chi connectivity index (χ4n) is 1.64. The Bertz CT molecular complexity index is 488. The van der Waals surface area contributed by atoms with Crippen molar-refractivity contribution in [2.45, 2.75) is 26.9 Å².